The summed E-state index contributed by atoms with van der Waals surface area (Å²) in [5, 5.41) is 3.53. The zero-order valence-corrected chi connectivity index (χ0v) is 21.9. The van der Waals surface area contributed by atoms with E-state index in [9.17, 15) is 14.4 Å². The van der Waals surface area contributed by atoms with Crippen molar-refractivity contribution in [3.05, 3.63) is 95.0 Å². The van der Waals surface area contributed by atoms with Gasteiger partial charge in [-0.05, 0) is 43.4 Å². The maximum Gasteiger partial charge on any atom is 0.295 e. The minimum atomic E-state index is -0.402. The molecular formula is C24H20Cl2N4O3S2. The first kappa shape index (κ1) is 25.1. The average molecular weight is 547 g/mol. The molecule has 0 saturated carbocycles. The minimum Gasteiger partial charge on any atom is -0.320 e. The third-order valence-electron chi connectivity index (χ3n) is 5.53. The fourth-order valence-electron chi connectivity index (χ4n) is 3.64. The molecule has 2 aromatic carbocycles. The van der Waals surface area contributed by atoms with E-state index in [0.717, 1.165) is 0 Å². The molecule has 0 saturated heterocycles. The molecule has 2 heterocycles. The lowest BCUT2D eigenvalue weighted by Crippen LogP contribution is -2.25. The summed E-state index contributed by atoms with van der Waals surface area (Å²) in [6.45, 7) is 1.82. The number of aromatic nitrogens is 3. The van der Waals surface area contributed by atoms with Crippen LogP contribution in [0.1, 0.15) is 12.1 Å². The van der Waals surface area contributed by atoms with Gasteiger partial charge in [-0.25, -0.2) is 4.68 Å². The van der Waals surface area contributed by atoms with Gasteiger partial charge in [-0.2, -0.15) is 0 Å². The molecule has 0 aliphatic heterocycles. The Morgan fingerprint density at radius 1 is 1.06 bits per heavy atom. The molecule has 1 N–H and O–H groups in total. The topological polar surface area (TPSA) is 78.0 Å². The highest BCUT2D eigenvalue weighted by atomic mass is 35.5. The number of benzene rings is 2. The van der Waals surface area contributed by atoms with Crippen molar-refractivity contribution < 1.29 is 4.79 Å². The van der Waals surface area contributed by atoms with Crippen molar-refractivity contribution in [2.45, 2.75) is 19.9 Å². The van der Waals surface area contributed by atoms with Gasteiger partial charge in [0.15, 0.2) is 3.95 Å². The van der Waals surface area contributed by atoms with Crippen LogP contribution in [0.15, 0.2) is 64.2 Å². The minimum absolute atomic E-state index is 0.0401. The van der Waals surface area contributed by atoms with Crippen LogP contribution in [0, 0.1) is 10.9 Å². The fourth-order valence-corrected chi connectivity index (χ4v) is 5.77. The Labute approximate surface area is 219 Å². The Balaban J connectivity index is 1.54. The number of rotatable bonds is 6. The average Bonchev–Trinajstić information content (AvgIpc) is 3.02. The lowest BCUT2D eigenvalue weighted by molar-refractivity contribution is -0.116. The Bertz CT molecular complexity index is 1550. The normalized spacial score (nSPS) is 11.0. The smallest absolute Gasteiger partial charge is 0.295 e. The summed E-state index contributed by atoms with van der Waals surface area (Å²) in [5.74, 6) is -0.402. The number of hydrogen-bond acceptors (Lipinski definition) is 5. The van der Waals surface area contributed by atoms with E-state index >= 15 is 0 Å². The summed E-state index contributed by atoms with van der Waals surface area (Å²) < 4.78 is 4.79. The molecule has 0 bridgehead atoms. The van der Waals surface area contributed by atoms with Crippen LogP contribution in [0.25, 0.3) is 16.1 Å². The van der Waals surface area contributed by atoms with E-state index in [1.54, 1.807) is 36.9 Å². The van der Waals surface area contributed by atoms with Crippen molar-refractivity contribution in [2.24, 2.45) is 7.05 Å². The molecule has 0 unspecified atom stereocenters. The van der Waals surface area contributed by atoms with Gasteiger partial charge < -0.3 is 5.32 Å². The first-order valence-corrected chi connectivity index (χ1v) is 12.5. The van der Waals surface area contributed by atoms with Gasteiger partial charge in [0.2, 0.25) is 5.91 Å². The Morgan fingerprint density at radius 2 is 1.71 bits per heavy atom. The van der Waals surface area contributed by atoms with Crippen LogP contribution in [0.2, 0.25) is 10.0 Å². The molecule has 7 nitrogen and oxygen atoms in total. The monoisotopic (exact) mass is 546 g/mol. The van der Waals surface area contributed by atoms with Crippen LogP contribution in [0.4, 0.5) is 5.69 Å². The summed E-state index contributed by atoms with van der Waals surface area (Å²) in [6.07, 6.45) is -0.0401. The lowest BCUT2D eigenvalue weighted by Gasteiger charge is -2.09. The quantitative estimate of drug-likeness (QED) is 0.326. The summed E-state index contributed by atoms with van der Waals surface area (Å²) in [6, 6.07) is 15.6. The van der Waals surface area contributed by atoms with E-state index in [-0.39, 0.29) is 29.8 Å². The van der Waals surface area contributed by atoms with E-state index in [4.69, 9.17) is 35.4 Å². The summed E-state index contributed by atoms with van der Waals surface area (Å²) >= 11 is 19.1. The summed E-state index contributed by atoms with van der Waals surface area (Å²) in [4.78, 5) is 39.0. The van der Waals surface area contributed by atoms with Crippen molar-refractivity contribution in [2.75, 3.05) is 5.32 Å². The number of carbonyl (C=O) groups excluding carboxylic acids is 1. The number of nitrogens with one attached hydrogen (secondary N) is 1. The number of halogens is 2. The van der Waals surface area contributed by atoms with Crippen molar-refractivity contribution >= 4 is 58.4 Å². The Morgan fingerprint density at radius 3 is 2.34 bits per heavy atom. The van der Waals surface area contributed by atoms with E-state index in [1.165, 1.54) is 26.7 Å². The molecule has 35 heavy (non-hydrogen) atoms. The summed E-state index contributed by atoms with van der Waals surface area (Å²) in [5.41, 5.74) is 1.33. The highest BCUT2D eigenvalue weighted by Gasteiger charge is 2.18. The van der Waals surface area contributed by atoms with Crippen LogP contribution in [-0.2, 0) is 18.4 Å². The first-order chi connectivity index (χ1) is 16.7. The third kappa shape index (κ3) is 5.04. The van der Waals surface area contributed by atoms with Crippen molar-refractivity contribution in [3.63, 3.8) is 0 Å². The molecular weight excluding hydrogens is 527 g/mol. The van der Waals surface area contributed by atoms with Gasteiger partial charge >= 0.3 is 0 Å². The standard InChI is InChI=1S/C24H20Cl2N4O3S2/c1-14-22(23(33)30(28(14)2)15-7-4-3-5-8-15)27-19(31)11-12-29-20(32)13-18(35-24(29)34)21-16(25)9-6-10-17(21)26/h3-10,13H,11-12H2,1-2H3,(H,27,31). The van der Waals surface area contributed by atoms with E-state index < -0.39 is 5.91 Å². The van der Waals surface area contributed by atoms with Gasteiger partial charge in [-0.1, -0.05) is 47.5 Å². The highest BCUT2D eigenvalue weighted by molar-refractivity contribution is 7.73. The number of anilines is 1. The molecule has 0 fully saturated rings. The van der Waals surface area contributed by atoms with Crippen LogP contribution < -0.4 is 16.4 Å². The number of nitrogens with zero attached hydrogens (tertiary/aromatic N) is 3. The number of hydrogen-bond donors (Lipinski definition) is 1. The van der Waals surface area contributed by atoms with Gasteiger partial charge in [0.1, 0.15) is 5.69 Å². The molecule has 0 aliphatic carbocycles. The molecule has 2 aromatic heterocycles. The van der Waals surface area contributed by atoms with Crippen molar-refractivity contribution in [3.8, 4) is 16.1 Å². The maximum absolute atomic E-state index is 13.0. The van der Waals surface area contributed by atoms with Crippen LogP contribution >= 0.6 is 46.8 Å². The second kappa shape index (κ2) is 10.3. The van der Waals surface area contributed by atoms with Gasteiger partial charge in [-0.3, -0.25) is 23.6 Å². The summed E-state index contributed by atoms with van der Waals surface area (Å²) in [7, 11) is 1.75. The zero-order valence-electron chi connectivity index (χ0n) is 18.7. The fraction of sp³-hybridized carbons (Fsp3) is 0.167. The SMILES string of the molecule is Cc1c(NC(=O)CCn2c(=O)cc(-c3c(Cl)cccc3Cl)sc2=S)c(=O)n(-c2ccccc2)n1C. The van der Waals surface area contributed by atoms with E-state index in [2.05, 4.69) is 5.32 Å². The molecule has 4 aromatic rings. The van der Waals surface area contributed by atoms with E-state index in [0.29, 0.717) is 35.8 Å². The first-order valence-electron chi connectivity index (χ1n) is 10.5. The van der Waals surface area contributed by atoms with Crippen molar-refractivity contribution in [1.82, 2.24) is 13.9 Å². The van der Waals surface area contributed by atoms with Crippen molar-refractivity contribution in [1.29, 1.82) is 0 Å². The molecule has 0 spiro atoms. The second-order valence-corrected chi connectivity index (χ2v) is 10.2. The molecule has 4 rings (SSSR count). The third-order valence-corrected chi connectivity index (χ3v) is 7.57. The largest absolute Gasteiger partial charge is 0.320 e. The Kier molecular flexibility index (Phi) is 7.42. The van der Waals surface area contributed by atoms with Gasteiger partial charge in [-0.15, -0.1) is 11.3 Å². The molecule has 11 heteroatoms. The molecule has 0 radical (unpaired) electrons. The predicted octanol–water partition coefficient (Wildman–Crippen LogP) is 5.44. The molecule has 0 aliphatic rings. The van der Waals surface area contributed by atoms with Gasteiger partial charge in [0.05, 0.1) is 21.4 Å². The Hall–Kier alpha value is -2.98. The number of para-hydroxylation sites is 1. The number of amides is 1. The van der Waals surface area contributed by atoms with Crippen LogP contribution in [0.3, 0.4) is 0 Å². The lowest BCUT2D eigenvalue weighted by atomic mass is 10.2. The van der Waals surface area contributed by atoms with Crippen LogP contribution in [-0.4, -0.2) is 19.8 Å². The molecule has 180 valence electrons. The highest BCUT2D eigenvalue weighted by Crippen LogP contribution is 2.36. The van der Waals surface area contributed by atoms with Crippen LogP contribution in [0.5, 0.6) is 0 Å². The number of carbonyl (C=O) groups is 1. The molecule has 1 amide bonds. The maximum atomic E-state index is 13.0. The zero-order chi connectivity index (χ0) is 25.3. The predicted molar refractivity (Wildman–Crippen MR) is 144 cm³/mol. The molecule has 0 atom stereocenters. The second-order valence-electron chi connectivity index (χ2n) is 7.70. The van der Waals surface area contributed by atoms with Gasteiger partial charge in [0.25, 0.3) is 11.1 Å². The van der Waals surface area contributed by atoms with Gasteiger partial charge in [0, 0.05) is 36.5 Å². The van der Waals surface area contributed by atoms with E-state index in [1.807, 2.05) is 30.3 Å².